The van der Waals surface area contributed by atoms with Crippen molar-refractivity contribution in [2.24, 2.45) is 5.92 Å². The van der Waals surface area contributed by atoms with E-state index in [-0.39, 0.29) is 24.3 Å². The second-order valence-corrected chi connectivity index (χ2v) is 3.47. The van der Waals surface area contributed by atoms with Gasteiger partial charge in [-0.3, -0.25) is 4.79 Å². The van der Waals surface area contributed by atoms with Crippen LogP contribution >= 0.6 is 0 Å². The molecule has 0 bridgehead atoms. The summed E-state index contributed by atoms with van der Waals surface area (Å²) < 4.78 is 18.0. The monoisotopic (exact) mass is 194 g/mol. The van der Waals surface area contributed by atoms with E-state index >= 15 is 0 Å². The Balaban J connectivity index is 1.91. The molecule has 74 valence electrons. The van der Waals surface area contributed by atoms with Crippen LogP contribution in [0.2, 0.25) is 0 Å². The predicted molar refractivity (Wildman–Crippen MR) is 48.9 cm³/mol. The maximum absolute atomic E-state index is 13.1. The van der Waals surface area contributed by atoms with Crippen LogP contribution in [0.25, 0.3) is 0 Å². The van der Waals surface area contributed by atoms with Gasteiger partial charge in [-0.25, -0.2) is 4.39 Å². The topological polar surface area (TPSA) is 26.3 Å². The lowest BCUT2D eigenvalue weighted by molar-refractivity contribution is -0.146. The minimum Gasteiger partial charge on any atom is -0.460 e. The van der Waals surface area contributed by atoms with Gasteiger partial charge in [0.1, 0.15) is 12.4 Å². The van der Waals surface area contributed by atoms with Crippen LogP contribution in [0, 0.1) is 11.7 Å². The Morgan fingerprint density at radius 2 is 2.14 bits per heavy atom. The quantitative estimate of drug-likeness (QED) is 0.690. The van der Waals surface area contributed by atoms with Crippen molar-refractivity contribution in [3.05, 3.63) is 35.6 Å². The average molecular weight is 194 g/mol. The highest BCUT2D eigenvalue weighted by atomic mass is 19.1. The molecule has 14 heavy (non-hydrogen) atoms. The highest BCUT2D eigenvalue weighted by molar-refractivity contribution is 5.74. The van der Waals surface area contributed by atoms with Gasteiger partial charge in [-0.1, -0.05) is 18.2 Å². The minimum absolute atomic E-state index is 0.0437. The summed E-state index contributed by atoms with van der Waals surface area (Å²) in [4.78, 5) is 11.1. The van der Waals surface area contributed by atoms with Gasteiger partial charge in [0, 0.05) is 5.56 Å². The maximum Gasteiger partial charge on any atom is 0.309 e. The molecule has 0 unspecified atom stereocenters. The molecule has 1 aromatic carbocycles. The summed E-state index contributed by atoms with van der Waals surface area (Å²) in [6, 6.07) is 6.32. The Hall–Kier alpha value is -1.38. The minimum atomic E-state index is -0.323. The van der Waals surface area contributed by atoms with Crippen LogP contribution in [0.1, 0.15) is 18.4 Å². The molecule has 0 N–H and O–H groups in total. The fourth-order valence-electron chi connectivity index (χ4n) is 1.20. The zero-order chi connectivity index (χ0) is 9.97. The van der Waals surface area contributed by atoms with E-state index in [2.05, 4.69) is 0 Å². The molecule has 0 radical (unpaired) electrons. The molecule has 0 amide bonds. The van der Waals surface area contributed by atoms with E-state index in [4.69, 9.17) is 4.74 Å². The largest absolute Gasteiger partial charge is 0.460 e. The number of benzene rings is 1. The van der Waals surface area contributed by atoms with Crippen molar-refractivity contribution in [1.82, 2.24) is 0 Å². The SMILES string of the molecule is O=C(OCc1ccccc1F)C1CC1. The third-order valence-electron chi connectivity index (χ3n) is 2.24. The van der Waals surface area contributed by atoms with E-state index < -0.39 is 0 Å². The zero-order valence-corrected chi connectivity index (χ0v) is 7.70. The number of halogens is 1. The van der Waals surface area contributed by atoms with E-state index in [1.54, 1.807) is 18.2 Å². The van der Waals surface area contributed by atoms with E-state index in [0.29, 0.717) is 5.56 Å². The van der Waals surface area contributed by atoms with Crippen LogP contribution in [0.5, 0.6) is 0 Å². The second kappa shape index (κ2) is 3.78. The van der Waals surface area contributed by atoms with Gasteiger partial charge in [-0.15, -0.1) is 0 Å². The molecule has 1 saturated carbocycles. The highest BCUT2D eigenvalue weighted by Crippen LogP contribution is 2.30. The van der Waals surface area contributed by atoms with Crippen molar-refractivity contribution in [2.45, 2.75) is 19.4 Å². The lowest BCUT2D eigenvalue weighted by Crippen LogP contribution is -2.07. The van der Waals surface area contributed by atoms with Crippen molar-refractivity contribution in [3.63, 3.8) is 0 Å². The molecule has 0 atom stereocenters. The van der Waals surface area contributed by atoms with Crippen LogP contribution < -0.4 is 0 Å². The first kappa shape index (κ1) is 9.19. The number of ether oxygens (including phenoxy) is 1. The molecule has 1 aliphatic rings. The summed E-state index contributed by atoms with van der Waals surface area (Å²) in [6.45, 7) is 0.0437. The van der Waals surface area contributed by atoms with Gasteiger partial charge >= 0.3 is 5.97 Å². The first-order valence-corrected chi connectivity index (χ1v) is 4.67. The Labute approximate surface area is 81.7 Å². The summed E-state index contributed by atoms with van der Waals surface area (Å²) in [5.74, 6) is -0.453. The lowest BCUT2D eigenvalue weighted by atomic mass is 10.2. The summed E-state index contributed by atoms with van der Waals surface area (Å²) in [6.07, 6.45) is 1.83. The summed E-state index contributed by atoms with van der Waals surface area (Å²) >= 11 is 0. The van der Waals surface area contributed by atoms with Gasteiger partial charge in [-0.2, -0.15) is 0 Å². The molecule has 1 aromatic rings. The smallest absolute Gasteiger partial charge is 0.309 e. The molecular formula is C11H11FO2. The lowest BCUT2D eigenvalue weighted by Gasteiger charge is -2.04. The van der Waals surface area contributed by atoms with Gasteiger partial charge in [-0.05, 0) is 18.9 Å². The Morgan fingerprint density at radius 3 is 2.79 bits per heavy atom. The number of rotatable bonds is 3. The van der Waals surface area contributed by atoms with Crippen LogP contribution in [-0.2, 0) is 16.1 Å². The second-order valence-electron chi connectivity index (χ2n) is 3.47. The molecule has 1 aliphatic carbocycles. The van der Waals surface area contributed by atoms with Gasteiger partial charge in [0.05, 0.1) is 5.92 Å². The molecule has 0 spiro atoms. The Bertz CT molecular complexity index is 345. The zero-order valence-electron chi connectivity index (χ0n) is 7.70. The third kappa shape index (κ3) is 2.10. The van der Waals surface area contributed by atoms with E-state index in [1.807, 2.05) is 0 Å². The highest BCUT2D eigenvalue weighted by Gasteiger charge is 2.31. The standard InChI is InChI=1S/C11H11FO2/c12-10-4-2-1-3-9(10)7-14-11(13)8-5-6-8/h1-4,8H,5-7H2. The number of carbonyl (C=O) groups is 1. The van der Waals surface area contributed by atoms with Gasteiger partial charge in [0.15, 0.2) is 0 Å². The van der Waals surface area contributed by atoms with Crippen molar-refractivity contribution >= 4 is 5.97 Å². The fraction of sp³-hybridized carbons (Fsp3) is 0.364. The van der Waals surface area contributed by atoms with E-state index in [9.17, 15) is 9.18 Å². The van der Waals surface area contributed by atoms with E-state index in [1.165, 1.54) is 6.07 Å². The third-order valence-corrected chi connectivity index (χ3v) is 2.24. The molecule has 0 heterocycles. The summed E-state index contributed by atoms with van der Waals surface area (Å²) in [5.41, 5.74) is 0.432. The van der Waals surface area contributed by atoms with Crippen LogP contribution in [0.15, 0.2) is 24.3 Å². The van der Waals surface area contributed by atoms with Gasteiger partial charge < -0.3 is 4.74 Å². The molecule has 0 saturated heterocycles. The van der Waals surface area contributed by atoms with Crippen LogP contribution in [0.4, 0.5) is 4.39 Å². The average Bonchev–Trinajstić information content (AvgIpc) is 2.99. The molecule has 2 nitrogen and oxygen atoms in total. The molecule has 1 fully saturated rings. The summed E-state index contributed by atoms with van der Waals surface area (Å²) in [7, 11) is 0. The molecule has 0 aromatic heterocycles. The molecule has 2 rings (SSSR count). The van der Waals surface area contributed by atoms with Crippen molar-refractivity contribution < 1.29 is 13.9 Å². The normalized spacial score (nSPS) is 15.2. The summed E-state index contributed by atoms with van der Waals surface area (Å²) in [5, 5.41) is 0. The first-order chi connectivity index (χ1) is 6.77. The number of hydrogen-bond acceptors (Lipinski definition) is 2. The van der Waals surface area contributed by atoms with E-state index in [0.717, 1.165) is 12.8 Å². The van der Waals surface area contributed by atoms with Crippen LogP contribution in [0.3, 0.4) is 0 Å². The fourth-order valence-corrected chi connectivity index (χ4v) is 1.20. The van der Waals surface area contributed by atoms with Crippen LogP contribution in [-0.4, -0.2) is 5.97 Å². The van der Waals surface area contributed by atoms with Crippen molar-refractivity contribution in [1.29, 1.82) is 0 Å². The van der Waals surface area contributed by atoms with Gasteiger partial charge in [0.2, 0.25) is 0 Å². The number of esters is 1. The van der Waals surface area contributed by atoms with Gasteiger partial charge in [0.25, 0.3) is 0 Å². The Kier molecular flexibility index (Phi) is 2.48. The predicted octanol–water partition coefficient (Wildman–Crippen LogP) is 2.28. The van der Waals surface area contributed by atoms with Crippen molar-refractivity contribution in [2.75, 3.05) is 0 Å². The molecule has 3 heteroatoms. The Morgan fingerprint density at radius 1 is 1.43 bits per heavy atom. The van der Waals surface area contributed by atoms with Crippen molar-refractivity contribution in [3.8, 4) is 0 Å². The molecular weight excluding hydrogens is 183 g/mol. The first-order valence-electron chi connectivity index (χ1n) is 4.67. The number of carbonyl (C=O) groups excluding carboxylic acids is 1. The maximum atomic E-state index is 13.1. The number of hydrogen-bond donors (Lipinski definition) is 0. The molecule has 0 aliphatic heterocycles.